The summed E-state index contributed by atoms with van der Waals surface area (Å²) < 4.78 is 5.30. The van der Waals surface area contributed by atoms with E-state index in [-0.39, 0.29) is 23.5 Å². The van der Waals surface area contributed by atoms with Gasteiger partial charge in [0.1, 0.15) is 5.75 Å². The summed E-state index contributed by atoms with van der Waals surface area (Å²) in [6, 6.07) is 17.7. The Morgan fingerprint density at radius 1 is 0.923 bits per heavy atom. The van der Waals surface area contributed by atoms with Gasteiger partial charge in [-0.3, -0.25) is 9.59 Å². The molecule has 0 radical (unpaired) electrons. The number of Topliss-reactive ketones (excluding diaryl/α,β-unsaturated/α-hetero) is 1. The van der Waals surface area contributed by atoms with Gasteiger partial charge in [0.25, 0.3) is 0 Å². The van der Waals surface area contributed by atoms with Crippen LogP contribution in [0.5, 0.6) is 5.75 Å². The van der Waals surface area contributed by atoms with Crippen molar-refractivity contribution in [2.45, 2.75) is 31.1 Å². The molecule has 1 N–H and O–H groups in total. The summed E-state index contributed by atoms with van der Waals surface area (Å²) in [4.78, 5) is 25.3. The van der Waals surface area contributed by atoms with E-state index in [0.29, 0.717) is 19.3 Å². The number of rotatable bonds is 3. The maximum absolute atomic E-state index is 13.0. The standard InChI is InChI=1S/C22H21NO3/c1-26-17-9-5-8-15(10-17)16-11-19-22(20(24)12-16)18(13-21(25)23-19)14-6-3-2-4-7-14/h2-10,16,18H,11-13H2,1H3,(H,23,25). The van der Waals surface area contributed by atoms with E-state index in [0.717, 1.165) is 28.1 Å². The largest absolute Gasteiger partial charge is 0.497 e. The molecule has 0 saturated carbocycles. The third kappa shape index (κ3) is 3.03. The van der Waals surface area contributed by atoms with Crippen LogP contribution in [0.4, 0.5) is 0 Å². The Morgan fingerprint density at radius 2 is 1.69 bits per heavy atom. The molecule has 0 spiro atoms. The lowest BCUT2D eigenvalue weighted by atomic mass is 9.73. The molecule has 2 atom stereocenters. The Labute approximate surface area is 152 Å². The highest BCUT2D eigenvalue weighted by Crippen LogP contribution is 2.42. The molecule has 1 aliphatic carbocycles. The van der Waals surface area contributed by atoms with Gasteiger partial charge in [-0.15, -0.1) is 0 Å². The van der Waals surface area contributed by atoms with Crippen molar-refractivity contribution in [3.8, 4) is 5.75 Å². The van der Waals surface area contributed by atoms with E-state index >= 15 is 0 Å². The molecule has 0 bridgehead atoms. The summed E-state index contributed by atoms with van der Waals surface area (Å²) in [5.41, 5.74) is 3.68. The first-order chi connectivity index (χ1) is 12.7. The number of hydrogen-bond acceptors (Lipinski definition) is 3. The highest BCUT2D eigenvalue weighted by Gasteiger charge is 2.38. The fourth-order valence-electron chi connectivity index (χ4n) is 4.06. The van der Waals surface area contributed by atoms with Crippen LogP contribution in [0.2, 0.25) is 0 Å². The number of hydrogen-bond donors (Lipinski definition) is 1. The average Bonchev–Trinajstić information content (AvgIpc) is 2.67. The van der Waals surface area contributed by atoms with Crippen molar-refractivity contribution in [1.29, 1.82) is 0 Å². The molecule has 2 aromatic rings. The van der Waals surface area contributed by atoms with E-state index in [1.54, 1.807) is 7.11 Å². The van der Waals surface area contributed by atoms with E-state index in [1.165, 1.54) is 0 Å². The normalized spacial score (nSPS) is 22.7. The van der Waals surface area contributed by atoms with E-state index in [2.05, 4.69) is 5.32 Å². The van der Waals surface area contributed by atoms with Crippen LogP contribution in [0.15, 0.2) is 65.9 Å². The molecular formula is C22H21NO3. The monoisotopic (exact) mass is 347 g/mol. The number of methoxy groups -OCH3 is 1. The van der Waals surface area contributed by atoms with E-state index in [1.807, 2.05) is 54.6 Å². The number of ketones is 1. The Bertz CT molecular complexity index is 885. The van der Waals surface area contributed by atoms with Crippen LogP contribution >= 0.6 is 0 Å². The van der Waals surface area contributed by atoms with Gasteiger partial charge in [-0.1, -0.05) is 42.5 Å². The van der Waals surface area contributed by atoms with Gasteiger partial charge in [-0.25, -0.2) is 0 Å². The number of carbonyl (C=O) groups is 2. The highest BCUT2D eigenvalue weighted by atomic mass is 16.5. The summed E-state index contributed by atoms with van der Waals surface area (Å²) >= 11 is 0. The predicted octanol–water partition coefficient (Wildman–Crippen LogP) is 3.70. The number of nitrogens with one attached hydrogen (secondary N) is 1. The molecule has 0 saturated heterocycles. The van der Waals surface area contributed by atoms with E-state index in [4.69, 9.17) is 4.74 Å². The van der Waals surface area contributed by atoms with Crippen molar-refractivity contribution in [1.82, 2.24) is 5.32 Å². The van der Waals surface area contributed by atoms with Crippen LogP contribution in [0, 0.1) is 0 Å². The molecule has 2 unspecified atom stereocenters. The third-order valence-corrected chi connectivity index (χ3v) is 5.30. The Kier molecular flexibility index (Phi) is 4.33. The predicted molar refractivity (Wildman–Crippen MR) is 98.9 cm³/mol. The third-order valence-electron chi connectivity index (χ3n) is 5.30. The lowest BCUT2D eigenvalue weighted by molar-refractivity contribution is -0.122. The smallest absolute Gasteiger partial charge is 0.225 e. The number of carbonyl (C=O) groups excluding carboxylic acids is 2. The fourth-order valence-corrected chi connectivity index (χ4v) is 4.06. The molecule has 1 heterocycles. The minimum absolute atomic E-state index is 0.0169. The van der Waals surface area contributed by atoms with Gasteiger partial charge in [0, 0.05) is 30.0 Å². The van der Waals surface area contributed by atoms with Gasteiger partial charge in [0.2, 0.25) is 5.91 Å². The second kappa shape index (κ2) is 6.79. The van der Waals surface area contributed by atoms with Crippen molar-refractivity contribution < 1.29 is 14.3 Å². The van der Waals surface area contributed by atoms with Gasteiger partial charge in [0.05, 0.1) is 7.11 Å². The zero-order valence-electron chi connectivity index (χ0n) is 14.7. The summed E-state index contributed by atoms with van der Waals surface area (Å²) in [6.07, 6.45) is 1.47. The maximum Gasteiger partial charge on any atom is 0.225 e. The zero-order chi connectivity index (χ0) is 18.1. The quantitative estimate of drug-likeness (QED) is 0.921. The Hall–Kier alpha value is -2.88. The first kappa shape index (κ1) is 16.6. The number of benzene rings is 2. The first-order valence-corrected chi connectivity index (χ1v) is 8.90. The molecule has 4 heteroatoms. The molecule has 0 fully saturated rings. The van der Waals surface area contributed by atoms with Crippen LogP contribution in [-0.4, -0.2) is 18.8 Å². The molecule has 26 heavy (non-hydrogen) atoms. The number of allylic oxidation sites excluding steroid dienone is 2. The van der Waals surface area contributed by atoms with Gasteiger partial charge in [0.15, 0.2) is 5.78 Å². The van der Waals surface area contributed by atoms with Gasteiger partial charge < -0.3 is 10.1 Å². The minimum atomic E-state index is -0.140. The minimum Gasteiger partial charge on any atom is -0.497 e. The van der Waals surface area contributed by atoms with Crippen molar-refractivity contribution in [3.63, 3.8) is 0 Å². The molecule has 132 valence electrons. The van der Waals surface area contributed by atoms with Crippen LogP contribution in [0.1, 0.15) is 42.2 Å². The van der Waals surface area contributed by atoms with Gasteiger partial charge in [-0.2, -0.15) is 0 Å². The average molecular weight is 347 g/mol. The molecule has 2 aromatic carbocycles. The fraction of sp³-hybridized carbons (Fsp3) is 0.273. The van der Waals surface area contributed by atoms with Crippen LogP contribution in [-0.2, 0) is 9.59 Å². The van der Waals surface area contributed by atoms with E-state index in [9.17, 15) is 9.59 Å². The Morgan fingerprint density at radius 3 is 2.46 bits per heavy atom. The van der Waals surface area contributed by atoms with Crippen molar-refractivity contribution in [2.24, 2.45) is 0 Å². The summed E-state index contributed by atoms with van der Waals surface area (Å²) in [7, 11) is 1.64. The highest BCUT2D eigenvalue weighted by molar-refractivity contribution is 6.02. The maximum atomic E-state index is 13.0. The molecular weight excluding hydrogens is 326 g/mol. The molecule has 0 aromatic heterocycles. The Balaban J connectivity index is 1.70. The number of ether oxygens (including phenoxy) is 1. The van der Waals surface area contributed by atoms with E-state index < -0.39 is 0 Å². The molecule has 2 aliphatic rings. The van der Waals surface area contributed by atoms with Gasteiger partial charge in [-0.05, 0) is 35.6 Å². The van der Waals surface area contributed by atoms with Gasteiger partial charge >= 0.3 is 0 Å². The first-order valence-electron chi connectivity index (χ1n) is 8.90. The topological polar surface area (TPSA) is 55.4 Å². The van der Waals surface area contributed by atoms with Crippen LogP contribution in [0.3, 0.4) is 0 Å². The lowest BCUT2D eigenvalue weighted by Crippen LogP contribution is -2.38. The summed E-state index contributed by atoms with van der Waals surface area (Å²) in [5, 5.41) is 2.97. The second-order valence-corrected chi connectivity index (χ2v) is 6.91. The zero-order valence-corrected chi connectivity index (χ0v) is 14.7. The molecule has 1 amide bonds. The molecule has 4 rings (SSSR count). The van der Waals surface area contributed by atoms with Crippen molar-refractivity contribution >= 4 is 11.7 Å². The van der Waals surface area contributed by atoms with Crippen molar-refractivity contribution in [2.75, 3.05) is 7.11 Å². The van der Waals surface area contributed by atoms with Crippen molar-refractivity contribution in [3.05, 3.63) is 77.0 Å². The van der Waals surface area contributed by atoms with Crippen LogP contribution in [0.25, 0.3) is 0 Å². The summed E-state index contributed by atoms with van der Waals surface area (Å²) in [6.45, 7) is 0. The second-order valence-electron chi connectivity index (χ2n) is 6.91. The summed E-state index contributed by atoms with van der Waals surface area (Å²) in [5.74, 6) is 0.819. The lowest BCUT2D eigenvalue weighted by Gasteiger charge is -2.34. The molecule has 4 nitrogen and oxygen atoms in total. The molecule has 1 aliphatic heterocycles. The number of amides is 1. The van der Waals surface area contributed by atoms with Crippen LogP contribution < -0.4 is 10.1 Å². The SMILES string of the molecule is COc1cccc(C2CC(=O)C3=C(C2)NC(=O)CC3c2ccccc2)c1.